The van der Waals surface area contributed by atoms with Crippen molar-refractivity contribution in [2.75, 3.05) is 5.32 Å². The van der Waals surface area contributed by atoms with Gasteiger partial charge in [0.05, 0.1) is 12.0 Å². The molecule has 0 saturated carbocycles. The Morgan fingerprint density at radius 1 is 1.28 bits per heavy atom. The van der Waals surface area contributed by atoms with E-state index < -0.39 is 36.0 Å². The van der Waals surface area contributed by atoms with Crippen LogP contribution in [0.1, 0.15) is 5.69 Å². The van der Waals surface area contributed by atoms with E-state index in [0.717, 1.165) is 0 Å². The Bertz CT molecular complexity index is 1160. The van der Waals surface area contributed by atoms with Crippen LogP contribution in [-0.2, 0) is 32.6 Å². The molecule has 4 rings (SSSR count). The van der Waals surface area contributed by atoms with Crippen molar-refractivity contribution < 1.29 is 28.6 Å². The van der Waals surface area contributed by atoms with Gasteiger partial charge in [-0.15, -0.1) is 11.3 Å². The van der Waals surface area contributed by atoms with Crippen LogP contribution < -0.4 is 10.6 Å². The molecule has 166 valence electrons. The third-order valence-corrected chi connectivity index (χ3v) is 5.59. The quantitative estimate of drug-likeness (QED) is 0.430. The SMILES string of the molecule is Cn1cncc1C[C@H](NC(=O)[C@H]1O[C@@H]1C(=O)O)C(=O)Nc1nc(-c2ccc(F)cc2)cs1. The fourth-order valence-corrected chi connectivity index (χ4v) is 3.75. The van der Waals surface area contributed by atoms with E-state index in [1.165, 1.54) is 23.5 Å². The first-order valence-corrected chi connectivity index (χ1v) is 10.4. The van der Waals surface area contributed by atoms with Gasteiger partial charge >= 0.3 is 5.97 Å². The van der Waals surface area contributed by atoms with Gasteiger partial charge in [0.1, 0.15) is 11.9 Å². The zero-order valence-electron chi connectivity index (χ0n) is 16.7. The number of hydrogen-bond donors (Lipinski definition) is 3. The van der Waals surface area contributed by atoms with E-state index >= 15 is 0 Å². The molecule has 0 spiro atoms. The number of benzene rings is 1. The molecule has 3 N–H and O–H groups in total. The number of epoxide rings is 1. The summed E-state index contributed by atoms with van der Waals surface area (Å²) in [6.45, 7) is 0. The maximum Gasteiger partial charge on any atom is 0.336 e. The molecule has 2 amide bonds. The second kappa shape index (κ2) is 8.85. The number of carbonyl (C=O) groups is 3. The van der Waals surface area contributed by atoms with Gasteiger partial charge in [-0.3, -0.25) is 9.59 Å². The average Bonchev–Trinajstić information content (AvgIpc) is 3.29. The summed E-state index contributed by atoms with van der Waals surface area (Å²) in [6.07, 6.45) is 0.893. The maximum absolute atomic E-state index is 13.1. The Labute approximate surface area is 185 Å². The summed E-state index contributed by atoms with van der Waals surface area (Å²) in [5.74, 6) is -2.83. The van der Waals surface area contributed by atoms with E-state index in [4.69, 9.17) is 9.84 Å². The largest absolute Gasteiger partial charge is 0.479 e. The summed E-state index contributed by atoms with van der Waals surface area (Å²) in [7, 11) is 1.75. The normalized spacial score (nSPS) is 18.1. The van der Waals surface area contributed by atoms with Crippen LogP contribution in [-0.4, -0.2) is 55.7 Å². The summed E-state index contributed by atoms with van der Waals surface area (Å²) < 4.78 is 19.7. The molecule has 3 aromatic rings. The van der Waals surface area contributed by atoms with Gasteiger partial charge in [0, 0.05) is 36.3 Å². The minimum absolute atomic E-state index is 0.120. The van der Waals surface area contributed by atoms with E-state index in [-0.39, 0.29) is 12.2 Å². The number of anilines is 1. The molecule has 0 unspecified atom stereocenters. The van der Waals surface area contributed by atoms with Crippen molar-refractivity contribution in [3.63, 3.8) is 0 Å². The summed E-state index contributed by atoms with van der Waals surface area (Å²) >= 11 is 1.18. The van der Waals surface area contributed by atoms with Gasteiger partial charge in [0.2, 0.25) is 5.91 Å². The maximum atomic E-state index is 13.1. The van der Waals surface area contributed by atoms with E-state index in [9.17, 15) is 18.8 Å². The number of aryl methyl sites for hydroxylation is 1. The average molecular weight is 459 g/mol. The Morgan fingerprint density at radius 2 is 2.03 bits per heavy atom. The first-order valence-electron chi connectivity index (χ1n) is 9.48. The standard InChI is InChI=1S/C20H18FN5O5S/c1-26-9-22-7-12(26)6-13(23-18(28)15-16(31-15)19(29)30)17(27)25-20-24-14(8-32-20)10-2-4-11(21)5-3-10/h2-5,7-9,13,15-16H,6H2,1H3,(H,23,28)(H,29,30)(H,24,25,27)/t13-,15-,16-/m0/s1. The van der Waals surface area contributed by atoms with Gasteiger partial charge in [-0.25, -0.2) is 19.2 Å². The van der Waals surface area contributed by atoms with Crippen molar-refractivity contribution >= 4 is 34.3 Å². The Kier molecular flexibility index (Phi) is 5.97. The topological polar surface area (TPSA) is 139 Å². The highest BCUT2D eigenvalue weighted by atomic mass is 32.1. The number of nitrogens with zero attached hydrogens (tertiary/aromatic N) is 3. The summed E-state index contributed by atoms with van der Waals surface area (Å²) in [4.78, 5) is 44.6. The zero-order chi connectivity index (χ0) is 22.8. The number of halogens is 1. The van der Waals surface area contributed by atoms with Crippen molar-refractivity contribution in [1.82, 2.24) is 19.9 Å². The van der Waals surface area contributed by atoms with Crippen LogP contribution in [0, 0.1) is 5.82 Å². The fraction of sp³-hybridized carbons (Fsp3) is 0.250. The highest BCUT2D eigenvalue weighted by molar-refractivity contribution is 7.14. The molecule has 10 nitrogen and oxygen atoms in total. The number of rotatable bonds is 8. The predicted octanol–water partition coefficient (Wildman–Crippen LogP) is 1.20. The van der Waals surface area contributed by atoms with Gasteiger partial charge in [-0.05, 0) is 24.3 Å². The number of nitrogens with one attached hydrogen (secondary N) is 2. The summed E-state index contributed by atoms with van der Waals surface area (Å²) in [5.41, 5.74) is 1.93. The second-order valence-electron chi connectivity index (χ2n) is 7.11. The van der Waals surface area contributed by atoms with Gasteiger partial charge in [0.25, 0.3) is 5.91 Å². The van der Waals surface area contributed by atoms with Crippen LogP contribution >= 0.6 is 11.3 Å². The number of thiazole rings is 1. The minimum atomic E-state index is -1.24. The minimum Gasteiger partial charge on any atom is -0.479 e. The highest BCUT2D eigenvalue weighted by Gasteiger charge is 2.51. The molecule has 3 atom stereocenters. The Hall–Kier alpha value is -3.64. The van der Waals surface area contributed by atoms with E-state index in [0.29, 0.717) is 22.1 Å². The number of amides is 2. The number of carboxylic acids is 1. The lowest BCUT2D eigenvalue weighted by atomic mass is 10.1. The zero-order valence-corrected chi connectivity index (χ0v) is 17.5. The van der Waals surface area contributed by atoms with E-state index in [2.05, 4.69) is 20.6 Å². The van der Waals surface area contributed by atoms with Crippen molar-refractivity contribution in [2.24, 2.45) is 7.05 Å². The van der Waals surface area contributed by atoms with Crippen LogP contribution in [0.2, 0.25) is 0 Å². The number of hydrogen-bond acceptors (Lipinski definition) is 7. The number of carboxylic acid groups (broad SMARTS) is 1. The highest BCUT2D eigenvalue weighted by Crippen LogP contribution is 2.26. The van der Waals surface area contributed by atoms with Crippen LogP contribution in [0.15, 0.2) is 42.2 Å². The van der Waals surface area contributed by atoms with Gasteiger partial charge in [-0.2, -0.15) is 0 Å². The predicted molar refractivity (Wildman–Crippen MR) is 111 cm³/mol. The molecule has 1 fully saturated rings. The monoisotopic (exact) mass is 459 g/mol. The molecule has 0 bridgehead atoms. The van der Waals surface area contributed by atoms with Crippen LogP contribution in [0.4, 0.5) is 9.52 Å². The molecule has 1 aliphatic rings. The lowest BCUT2D eigenvalue weighted by Gasteiger charge is -2.17. The third-order valence-electron chi connectivity index (χ3n) is 4.83. The second-order valence-corrected chi connectivity index (χ2v) is 7.97. The summed E-state index contributed by atoms with van der Waals surface area (Å²) in [5, 5.41) is 16.2. The van der Waals surface area contributed by atoms with Crippen molar-refractivity contribution in [3.05, 3.63) is 53.7 Å². The molecule has 0 radical (unpaired) electrons. The molecule has 1 aliphatic heterocycles. The number of carbonyl (C=O) groups excluding carboxylic acids is 2. The van der Waals surface area contributed by atoms with E-state index in [1.54, 1.807) is 41.7 Å². The molecule has 2 aromatic heterocycles. The van der Waals surface area contributed by atoms with Crippen LogP contribution in [0.5, 0.6) is 0 Å². The smallest absolute Gasteiger partial charge is 0.336 e. The van der Waals surface area contributed by atoms with Gasteiger partial charge < -0.3 is 25.0 Å². The molecule has 3 heterocycles. The van der Waals surface area contributed by atoms with Gasteiger partial charge in [-0.1, -0.05) is 0 Å². The molecule has 32 heavy (non-hydrogen) atoms. The lowest BCUT2D eigenvalue weighted by molar-refractivity contribution is -0.138. The molecular weight excluding hydrogens is 441 g/mol. The molecule has 12 heteroatoms. The summed E-state index contributed by atoms with van der Waals surface area (Å²) in [6, 6.07) is 4.77. The first kappa shape index (κ1) is 21.6. The number of aromatic nitrogens is 3. The number of aliphatic carboxylic acids is 1. The first-order chi connectivity index (χ1) is 15.3. The van der Waals surface area contributed by atoms with Crippen molar-refractivity contribution in [3.8, 4) is 11.3 Å². The fourth-order valence-electron chi connectivity index (χ4n) is 3.03. The molecule has 1 saturated heterocycles. The lowest BCUT2D eigenvalue weighted by Crippen LogP contribution is -2.47. The van der Waals surface area contributed by atoms with E-state index in [1.807, 2.05) is 0 Å². The number of imidazole rings is 1. The number of ether oxygens (including phenoxy) is 1. The molecule has 1 aromatic carbocycles. The van der Waals surface area contributed by atoms with Gasteiger partial charge in [0.15, 0.2) is 17.3 Å². The van der Waals surface area contributed by atoms with Crippen molar-refractivity contribution in [1.29, 1.82) is 0 Å². The van der Waals surface area contributed by atoms with Crippen molar-refractivity contribution in [2.45, 2.75) is 24.7 Å². The van der Waals surface area contributed by atoms with Crippen LogP contribution in [0.25, 0.3) is 11.3 Å². The Morgan fingerprint density at radius 3 is 2.66 bits per heavy atom. The Balaban J connectivity index is 1.47. The molecular formula is C20H18FN5O5S. The van der Waals surface area contributed by atoms with Crippen LogP contribution in [0.3, 0.4) is 0 Å². The molecule has 0 aliphatic carbocycles. The third kappa shape index (κ3) is 4.81.